The van der Waals surface area contributed by atoms with Gasteiger partial charge in [-0.2, -0.15) is 11.8 Å². The second kappa shape index (κ2) is 6.01. The van der Waals surface area contributed by atoms with Gasteiger partial charge in [-0.05, 0) is 18.6 Å². The fourth-order valence-electron chi connectivity index (χ4n) is 1.01. The highest BCUT2D eigenvalue weighted by atomic mass is 32.2. The molecular weight excluding hydrogens is 198 g/mol. The third kappa shape index (κ3) is 3.65. The van der Waals surface area contributed by atoms with Crippen LogP contribution in [0.4, 0.5) is 0 Å². The van der Waals surface area contributed by atoms with Gasteiger partial charge in [0.25, 0.3) is 0 Å². The Labute approximate surface area is 88.2 Å². The molecule has 3 nitrogen and oxygen atoms in total. The first-order valence-electron chi connectivity index (χ1n) is 4.51. The third-order valence-electron chi connectivity index (χ3n) is 1.88. The standard InChI is InChI=1S/C10H15NO2S/c1-8-3-2-4-11-10(8)7-14-6-9(13)5-12/h2-4,9,12-13H,5-7H2,1H3. The summed E-state index contributed by atoms with van der Waals surface area (Å²) < 4.78 is 0. The molecule has 4 heteroatoms. The fourth-order valence-corrected chi connectivity index (χ4v) is 2.00. The second-order valence-electron chi connectivity index (χ2n) is 3.12. The Bertz CT molecular complexity index is 281. The monoisotopic (exact) mass is 213 g/mol. The number of rotatable bonds is 5. The molecule has 0 bridgehead atoms. The molecule has 0 aliphatic carbocycles. The van der Waals surface area contributed by atoms with Crippen LogP contribution in [0.3, 0.4) is 0 Å². The zero-order valence-electron chi connectivity index (χ0n) is 8.18. The number of pyridine rings is 1. The Kier molecular flexibility index (Phi) is 4.93. The Morgan fingerprint density at radius 1 is 1.57 bits per heavy atom. The van der Waals surface area contributed by atoms with Gasteiger partial charge < -0.3 is 10.2 Å². The maximum absolute atomic E-state index is 9.11. The Hall–Kier alpha value is -0.580. The molecule has 0 radical (unpaired) electrons. The van der Waals surface area contributed by atoms with Crippen LogP contribution in [0.15, 0.2) is 18.3 Å². The van der Waals surface area contributed by atoms with Gasteiger partial charge in [0.05, 0.1) is 18.4 Å². The lowest BCUT2D eigenvalue weighted by Gasteiger charge is -2.07. The molecule has 2 N–H and O–H groups in total. The molecule has 0 spiro atoms. The second-order valence-corrected chi connectivity index (χ2v) is 4.15. The van der Waals surface area contributed by atoms with Gasteiger partial charge in [0.15, 0.2) is 0 Å². The molecule has 78 valence electrons. The van der Waals surface area contributed by atoms with Gasteiger partial charge in [-0.1, -0.05) is 6.07 Å². The van der Waals surface area contributed by atoms with E-state index >= 15 is 0 Å². The maximum atomic E-state index is 9.11. The summed E-state index contributed by atoms with van der Waals surface area (Å²) >= 11 is 1.58. The Morgan fingerprint density at radius 2 is 2.36 bits per heavy atom. The van der Waals surface area contributed by atoms with E-state index in [1.165, 1.54) is 5.56 Å². The van der Waals surface area contributed by atoms with Crippen LogP contribution in [0, 0.1) is 6.92 Å². The highest BCUT2D eigenvalue weighted by Crippen LogP contribution is 2.13. The summed E-state index contributed by atoms with van der Waals surface area (Å²) in [5, 5.41) is 17.7. The summed E-state index contributed by atoms with van der Waals surface area (Å²) in [7, 11) is 0. The molecule has 1 unspecified atom stereocenters. The van der Waals surface area contributed by atoms with Crippen LogP contribution in [0.1, 0.15) is 11.3 Å². The summed E-state index contributed by atoms with van der Waals surface area (Å²) in [6.07, 6.45) is 1.15. The van der Waals surface area contributed by atoms with E-state index in [9.17, 15) is 0 Å². The van der Waals surface area contributed by atoms with Crippen LogP contribution in [-0.4, -0.2) is 33.7 Å². The minimum atomic E-state index is -0.621. The van der Waals surface area contributed by atoms with Crippen molar-refractivity contribution < 1.29 is 10.2 Å². The molecule has 1 heterocycles. The average Bonchev–Trinajstić information content (AvgIpc) is 2.20. The molecule has 0 amide bonds. The first-order chi connectivity index (χ1) is 6.74. The van der Waals surface area contributed by atoms with E-state index in [4.69, 9.17) is 10.2 Å². The van der Waals surface area contributed by atoms with Crippen molar-refractivity contribution >= 4 is 11.8 Å². The molecular formula is C10H15NO2S. The SMILES string of the molecule is Cc1cccnc1CSCC(O)CO. The predicted octanol–water partition coefficient (Wildman–Crippen LogP) is 0.976. The smallest absolute Gasteiger partial charge is 0.0861 e. The van der Waals surface area contributed by atoms with Crippen molar-refractivity contribution in [2.75, 3.05) is 12.4 Å². The van der Waals surface area contributed by atoms with Gasteiger partial charge in [-0.15, -0.1) is 0 Å². The lowest BCUT2D eigenvalue weighted by molar-refractivity contribution is 0.113. The van der Waals surface area contributed by atoms with Crippen molar-refractivity contribution in [3.63, 3.8) is 0 Å². The van der Waals surface area contributed by atoms with Gasteiger partial charge in [-0.3, -0.25) is 4.98 Å². The molecule has 1 aromatic heterocycles. The molecule has 0 aromatic carbocycles. The molecule has 0 aliphatic heterocycles. The van der Waals surface area contributed by atoms with E-state index in [1.54, 1.807) is 18.0 Å². The summed E-state index contributed by atoms with van der Waals surface area (Å²) in [6, 6.07) is 3.93. The van der Waals surface area contributed by atoms with Crippen LogP contribution >= 0.6 is 11.8 Å². The zero-order valence-corrected chi connectivity index (χ0v) is 9.00. The number of hydrogen-bond acceptors (Lipinski definition) is 4. The van der Waals surface area contributed by atoms with E-state index in [0.29, 0.717) is 5.75 Å². The lowest BCUT2D eigenvalue weighted by Crippen LogP contribution is -2.14. The molecule has 0 fully saturated rings. The number of hydrogen-bond donors (Lipinski definition) is 2. The number of aryl methyl sites for hydroxylation is 1. The molecule has 1 aromatic rings. The van der Waals surface area contributed by atoms with Gasteiger partial charge in [0, 0.05) is 17.7 Å². The minimum absolute atomic E-state index is 0.172. The number of nitrogens with zero attached hydrogens (tertiary/aromatic N) is 1. The predicted molar refractivity (Wildman–Crippen MR) is 58.2 cm³/mol. The quantitative estimate of drug-likeness (QED) is 0.765. The lowest BCUT2D eigenvalue weighted by atomic mass is 10.2. The van der Waals surface area contributed by atoms with E-state index < -0.39 is 6.10 Å². The van der Waals surface area contributed by atoms with Gasteiger partial charge in [-0.25, -0.2) is 0 Å². The fraction of sp³-hybridized carbons (Fsp3) is 0.500. The van der Waals surface area contributed by atoms with Crippen LogP contribution < -0.4 is 0 Å². The molecule has 0 saturated carbocycles. The van der Waals surface area contributed by atoms with E-state index in [0.717, 1.165) is 11.4 Å². The molecule has 0 aliphatic rings. The maximum Gasteiger partial charge on any atom is 0.0861 e. The molecule has 14 heavy (non-hydrogen) atoms. The van der Waals surface area contributed by atoms with Crippen molar-refractivity contribution in [3.8, 4) is 0 Å². The van der Waals surface area contributed by atoms with Crippen LogP contribution in [0.25, 0.3) is 0 Å². The van der Waals surface area contributed by atoms with Gasteiger partial charge in [0.2, 0.25) is 0 Å². The first kappa shape index (κ1) is 11.5. The van der Waals surface area contributed by atoms with E-state index in [-0.39, 0.29) is 6.61 Å². The summed E-state index contributed by atoms with van der Waals surface area (Å²) in [5.74, 6) is 1.33. The van der Waals surface area contributed by atoms with Gasteiger partial charge >= 0.3 is 0 Å². The first-order valence-corrected chi connectivity index (χ1v) is 5.66. The van der Waals surface area contributed by atoms with Crippen LogP contribution in [0.2, 0.25) is 0 Å². The molecule has 1 atom stereocenters. The summed E-state index contributed by atoms with van der Waals surface area (Å²) in [4.78, 5) is 4.24. The number of aliphatic hydroxyl groups excluding tert-OH is 2. The minimum Gasteiger partial charge on any atom is -0.394 e. The third-order valence-corrected chi connectivity index (χ3v) is 2.98. The number of aliphatic hydroxyl groups is 2. The Balaban J connectivity index is 2.35. The molecule has 1 rings (SSSR count). The topological polar surface area (TPSA) is 53.4 Å². The van der Waals surface area contributed by atoms with Crippen molar-refractivity contribution in [1.29, 1.82) is 0 Å². The normalized spacial score (nSPS) is 12.8. The highest BCUT2D eigenvalue weighted by Gasteiger charge is 2.03. The Morgan fingerprint density at radius 3 is 3.00 bits per heavy atom. The highest BCUT2D eigenvalue weighted by molar-refractivity contribution is 7.98. The zero-order chi connectivity index (χ0) is 10.4. The summed E-state index contributed by atoms with van der Waals surface area (Å²) in [6.45, 7) is 1.85. The van der Waals surface area contributed by atoms with Crippen molar-refractivity contribution in [3.05, 3.63) is 29.6 Å². The van der Waals surface area contributed by atoms with Crippen molar-refractivity contribution in [1.82, 2.24) is 4.98 Å². The van der Waals surface area contributed by atoms with Gasteiger partial charge in [0.1, 0.15) is 0 Å². The van der Waals surface area contributed by atoms with E-state index in [2.05, 4.69) is 4.98 Å². The average molecular weight is 213 g/mol. The van der Waals surface area contributed by atoms with E-state index in [1.807, 2.05) is 19.1 Å². The largest absolute Gasteiger partial charge is 0.394 e. The summed E-state index contributed by atoms with van der Waals surface area (Å²) in [5.41, 5.74) is 2.21. The van der Waals surface area contributed by atoms with Crippen LogP contribution in [-0.2, 0) is 5.75 Å². The van der Waals surface area contributed by atoms with Crippen LogP contribution in [0.5, 0.6) is 0 Å². The van der Waals surface area contributed by atoms with Crippen molar-refractivity contribution in [2.24, 2.45) is 0 Å². The number of thioether (sulfide) groups is 1. The van der Waals surface area contributed by atoms with Crippen molar-refractivity contribution in [2.45, 2.75) is 18.8 Å². The molecule has 0 saturated heterocycles. The number of aromatic nitrogens is 1.